The second-order valence-electron chi connectivity index (χ2n) is 4.99. The van der Waals surface area contributed by atoms with E-state index in [0.717, 1.165) is 23.6 Å². The van der Waals surface area contributed by atoms with Crippen LogP contribution in [0.2, 0.25) is 0 Å². The van der Waals surface area contributed by atoms with Gasteiger partial charge in [-0.2, -0.15) is 0 Å². The summed E-state index contributed by atoms with van der Waals surface area (Å²) in [6, 6.07) is 0. The van der Waals surface area contributed by atoms with Gasteiger partial charge in [0.2, 0.25) is 0 Å². The molecule has 0 spiro atoms. The minimum atomic E-state index is 0.534. The zero-order valence-corrected chi connectivity index (χ0v) is 11.0. The normalized spacial score (nSPS) is 17.4. The van der Waals surface area contributed by atoms with Crippen LogP contribution < -0.4 is 5.73 Å². The number of hydrogen-bond donors (Lipinski definition) is 1. The van der Waals surface area contributed by atoms with Crippen molar-refractivity contribution in [1.29, 1.82) is 0 Å². The highest BCUT2D eigenvalue weighted by atomic mass is 14.9. The Hall–Kier alpha value is -0.960. The second kappa shape index (κ2) is 5.58. The van der Waals surface area contributed by atoms with Crippen LogP contribution >= 0.6 is 0 Å². The molecule has 94 valence electrons. The van der Waals surface area contributed by atoms with E-state index in [9.17, 15) is 0 Å². The summed E-state index contributed by atoms with van der Waals surface area (Å²) in [5.41, 5.74) is 9.23. The fourth-order valence-electron chi connectivity index (χ4n) is 2.85. The van der Waals surface area contributed by atoms with Crippen LogP contribution in [0.3, 0.4) is 0 Å². The third-order valence-electron chi connectivity index (χ3n) is 3.83. The maximum Gasteiger partial charge on any atom is 0.132 e. The largest absolute Gasteiger partial charge is 0.325 e. The van der Waals surface area contributed by atoms with E-state index in [1.807, 2.05) is 0 Å². The predicted molar refractivity (Wildman–Crippen MR) is 69.9 cm³/mol. The molecule has 1 aliphatic carbocycles. The van der Waals surface area contributed by atoms with E-state index >= 15 is 0 Å². The molecule has 1 saturated carbocycles. The predicted octanol–water partition coefficient (Wildman–Crippen LogP) is 2.85. The van der Waals surface area contributed by atoms with Crippen LogP contribution in [0.1, 0.15) is 67.7 Å². The molecule has 0 amide bonds. The van der Waals surface area contributed by atoms with Crippen molar-refractivity contribution < 1.29 is 0 Å². The first kappa shape index (κ1) is 12.5. The van der Waals surface area contributed by atoms with Crippen molar-refractivity contribution in [1.82, 2.24) is 9.97 Å². The van der Waals surface area contributed by atoms with Crippen LogP contribution in [0.5, 0.6) is 0 Å². The first-order valence-electron chi connectivity index (χ1n) is 6.82. The summed E-state index contributed by atoms with van der Waals surface area (Å²) in [4.78, 5) is 9.42. The summed E-state index contributed by atoms with van der Waals surface area (Å²) < 4.78 is 0. The minimum Gasteiger partial charge on any atom is -0.325 e. The summed E-state index contributed by atoms with van der Waals surface area (Å²) in [5.74, 6) is 1.61. The standard InChI is InChI=1S/C14H23N3/c1-3-12-10(2)16-14(17-13(12)9-15)11-7-5-4-6-8-11/h11H,3-9,15H2,1-2H3. The van der Waals surface area contributed by atoms with Gasteiger partial charge in [-0.15, -0.1) is 0 Å². The highest BCUT2D eigenvalue weighted by Gasteiger charge is 2.20. The summed E-state index contributed by atoms with van der Waals surface area (Å²) in [5, 5.41) is 0. The molecule has 0 aromatic carbocycles. The van der Waals surface area contributed by atoms with Gasteiger partial charge in [0.05, 0.1) is 5.69 Å². The van der Waals surface area contributed by atoms with Gasteiger partial charge in [-0.05, 0) is 31.7 Å². The molecule has 0 bridgehead atoms. The van der Waals surface area contributed by atoms with E-state index < -0.39 is 0 Å². The minimum absolute atomic E-state index is 0.534. The fraction of sp³-hybridized carbons (Fsp3) is 0.714. The average Bonchev–Trinajstić information content (AvgIpc) is 2.38. The number of aromatic nitrogens is 2. The Labute approximate surface area is 104 Å². The van der Waals surface area contributed by atoms with Gasteiger partial charge in [-0.25, -0.2) is 9.97 Å². The Morgan fingerprint density at radius 2 is 1.88 bits per heavy atom. The summed E-state index contributed by atoms with van der Waals surface area (Å²) >= 11 is 0. The molecular weight excluding hydrogens is 210 g/mol. The fourth-order valence-corrected chi connectivity index (χ4v) is 2.85. The van der Waals surface area contributed by atoms with E-state index in [4.69, 9.17) is 15.7 Å². The Morgan fingerprint density at radius 3 is 2.47 bits per heavy atom. The molecule has 0 unspecified atom stereocenters. The molecule has 1 aromatic rings. The van der Waals surface area contributed by atoms with Crippen LogP contribution in [0.15, 0.2) is 0 Å². The van der Waals surface area contributed by atoms with Crippen LogP contribution in [-0.2, 0) is 13.0 Å². The summed E-state index contributed by atoms with van der Waals surface area (Å²) in [7, 11) is 0. The van der Waals surface area contributed by atoms with Gasteiger partial charge < -0.3 is 5.73 Å². The maximum absolute atomic E-state index is 5.80. The molecule has 0 atom stereocenters. The van der Waals surface area contributed by atoms with Crippen molar-refractivity contribution >= 4 is 0 Å². The molecule has 1 aromatic heterocycles. The Kier molecular flexibility index (Phi) is 4.11. The number of aryl methyl sites for hydroxylation is 1. The zero-order chi connectivity index (χ0) is 12.3. The molecule has 3 nitrogen and oxygen atoms in total. The van der Waals surface area contributed by atoms with Gasteiger partial charge in [0, 0.05) is 18.2 Å². The van der Waals surface area contributed by atoms with E-state index in [1.165, 1.54) is 37.7 Å². The molecule has 0 aliphatic heterocycles. The summed E-state index contributed by atoms with van der Waals surface area (Å²) in [6.45, 7) is 4.77. The lowest BCUT2D eigenvalue weighted by atomic mass is 9.88. The Bertz CT molecular complexity index is 381. The smallest absolute Gasteiger partial charge is 0.132 e. The number of nitrogens with zero attached hydrogens (tertiary/aromatic N) is 2. The van der Waals surface area contributed by atoms with Crippen molar-refractivity contribution in [3.05, 3.63) is 22.8 Å². The van der Waals surface area contributed by atoms with Crippen LogP contribution in [-0.4, -0.2) is 9.97 Å². The van der Waals surface area contributed by atoms with Crippen molar-refractivity contribution in [2.45, 2.75) is 64.8 Å². The third kappa shape index (κ3) is 2.65. The number of hydrogen-bond acceptors (Lipinski definition) is 3. The third-order valence-corrected chi connectivity index (χ3v) is 3.83. The van der Waals surface area contributed by atoms with Gasteiger partial charge in [-0.1, -0.05) is 26.2 Å². The van der Waals surface area contributed by atoms with E-state index in [1.54, 1.807) is 0 Å². The van der Waals surface area contributed by atoms with Crippen molar-refractivity contribution in [3.63, 3.8) is 0 Å². The van der Waals surface area contributed by atoms with Crippen molar-refractivity contribution in [3.8, 4) is 0 Å². The van der Waals surface area contributed by atoms with Gasteiger partial charge in [0.1, 0.15) is 5.82 Å². The van der Waals surface area contributed by atoms with Crippen molar-refractivity contribution in [2.75, 3.05) is 0 Å². The second-order valence-corrected chi connectivity index (χ2v) is 4.99. The van der Waals surface area contributed by atoms with Crippen molar-refractivity contribution in [2.24, 2.45) is 5.73 Å². The highest BCUT2D eigenvalue weighted by molar-refractivity contribution is 5.26. The Balaban J connectivity index is 2.31. The van der Waals surface area contributed by atoms with Gasteiger partial charge in [-0.3, -0.25) is 0 Å². The van der Waals surface area contributed by atoms with Crippen LogP contribution in [0.25, 0.3) is 0 Å². The SMILES string of the molecule is CCc1c(C)nc(C2CCCCC2)nc1CN. The monoisotopic (exact) mass is 233 g/mol. The molecular formula is C14H23N3. The molecule has 3 heteroatoms. The number of nitrogens with two attached hydrogens (primary N) is 1. The lowest BCUT2D eigenvalue weighted by Crippen LogP contribution is -2.15. The quantitative estimate of drug-likeness (QED) is 0.873. The molecule has 2 N–H and O–H groups in total. The first-order chi connectivity index (χ1) is 8.26. The van der Waals surface area contributed by atoms with Crippen LogP contribution in [0, 0.1) is 6.92 Å². The topological polar surface area (TPSA) is 51.8 Å². The highest BCUT2D eigenvalue weighted by Crippen LogP contribution is 2.31. The van der Waals surface area contributed by atoms with Gasteiger partial charge in [0.25, 0.3) is 0 Å². The van der Waals surface area contributed by atoms with Crippen LogP contribution in [0.4, 0.5) is 0 Å². The van der Waals surface area contributed by atoms with Gasteiger partial charge >= 0.3 is 0 Å². The molecule has 1 aliphatic rings. The first-order valence-corrected chi connectivity index (χ1v) is 6.82. The molecule has 0 saturated heterocycles. The molecule has 2 rings (SSSR count). The Morgan fingerprint density at radius 1 is 1.18 bits per heavy atom. The van der Waals surface area contributed by atoms with Gasteiger partial charge in [0.15, 0.2) is 0 Å². The molecule has 17 heavy (non-hydrogen) atoms. The zero-order valence-electron chi connectivity index (χ0n) is 11.0. The molecule has 0 radical (unpaired) electrons. The maximum atomic E-state index is 5.80. The van der Waals surface area contributed by atoms with E-state index in [0.29, 0.717) is 12.5 Å². The molecule has 1 fully saturated rings. The van der Waals surface area contributed by atoms with E-state index in [2.05, 4.69) is 13.8 Å². The summed E-state index contributed by atoms with van der Waals surface area (Å²) in [6.07, 6.45) is 7.47. The molecule has 1 heterocycles. The van der Waals surface area contributed by atoms with E-state index in [-0.39, 0.29) is 0 Å². The lowest BCUT2D eigenvalue weighted by Gasteiger charge is -2.22. The number of rotatable bonds is 3. The average molecular weight is 233 g/mol. The lowest BCUT2D eigenvalue weighted by molar-refractivity contribution is 0.426.